The van der Waals surface area contributed by atoms with E-state index in [0.717, 1.165) is 27.7 Å². The highest BCUT2D eigenvalue weighted by Crippen LogP contribution is 2.31. The molecule has 1 fully saturated rings. The van der Waals surface area contributed by atoms with Crippen LogP contribution in [-0.2, 0) is 4.79 Å². The van der Waals surface area contributed by atoms with Crippen LogP contribution in [0.3, 0.4) is 0 Å². The van der Waals surface area contributed by atoms with Crippen LogP contribution in [0.15, 0.2) is 28.9 Å². The van der Waals surface area contributed by atoms with E-state index in [1.165, 1.54) is 0 Å². The summed E-state index contributed by atoms with van der Waals surface area (Å²) in [5.74, 6) is -0.421. The van der Waals surface area contributed by atoms with Gasteiger partial charge in [-0.3, -0.25) is 9.59 Å². The fraction of sp³-hybridized carbons (Fsp3) is 0.368. The Morgan fingerprint density at radius 1 is 1.27 bits per heavy atom. The summed E-state index contributed by atoms with van der Waals surface area (Å²) in [5, 5.41) is 2.80. The number of amides is 2. The number of carbonyl (C=O) groups is 2. The van der Waals surface area contributed by atoms with E-state index >= 15 is 0 Å². The molecule has 0 aliphatic carbocycles. The summed E-state index contributed by atoms with van der Waals surface area (Å²) in [4.78, 5) is 35.3. The highest BCUT2D eigenvalue weighted by Gasteiger charge is 2.32. The standard InChI is InChI=1S/C19H21BrN4O2/c1-11-9-14(20)10-12(2)16(11)24-8-4-5-15(19(24)26)23-18(25)17-21-7-6-13(3)22-17/h6-7,9-10,15H,4-5,8H2,1-3H3,(H,23,25). The highest BCUT2D eigenvalue weighted by atomic mass is 79.9. The molecule has 136 valence electrons. The summed E-state index contributed by atoms with van der Waals surface area (Å²) in [5.41, 5.74) is 3.69. The second kappa shape index (κ2) is 7.53. The van der Waals surface area contributed by atoms with Gasteiger partial charge in [0.15, 0.2) is 0 Å². The molecule has 1 N–H and O–H groups in total. The molecule has 2 aromatic rings. The van der Waals surface area contributed by atoms with Gasteiger partial charge in [0.1, 0.15) is 6.04 Å². The van der Waals surface area contributed by atoms with Gasteiger partial charge < -0.3 is 10.2 Å². The molecule has 2 amide bonds. The molecule has 0 spiro atoms. The quantitative estimate of drug-likeness (QED) is 0.833. The van der Waals surface area contributed by atoms with Crippen LogP contribution >= 0.6 is 15.9 Å². The van der Waals surface area contributed by atoms with Crippen molar-refractivity contribution in [1.29, 1.82) is 0 Å². The lowest BCUT2D eigenvalue weighted by Gasteiger charge is -2.34. The molecule has 1 aromatic heterocycles. The Balaban J connectivity index is 1.81. The first-order valence-corrected chi connectivity index (χ1v) is 9.34. The predicted octanol–water partition coefficient (Wildman–Crippen LogP) is 3.09. The fourth-order valence-corrected chi connectivity index (χ4v) is 4.03. The second-order valence-corrected chi connectivity index (χ2v) is 7.48. The first-order chi connectivity index (χ1) is 12.4. The number of rotatable bonds is 3. The minimum Gasteiger partial charge on any atom is -0.337 e. The molecule has 1 atom stereocenters. The van der Waals surface area contributed by atoms with Gasteiger partial charge in [0.25, 0.3) is 5.91 Å². The maximum atomic E-state index is 13.0. The highest BCUT2D eigenvalue weighted by molar-refractivity contribution is 9.10. The van der Waals surface area contributed by atoms with Crippen molar-refractivity contribution in [3.05, 3.63) is 51.5 Å². The van der Waals surface area contributed by atoms with Crippen molar-refractivity contribution in [1.82, 2.24) is 15.3 Å². The number of carbonyl (C=O) groups excluding carboxylic acids is 2. The van der Waals surface area contributed by atoms with E-state index in [-0.39, 0.29) is 11.7 Å². The topological polar surface area (TPSA) is 75.2 Å². The van der Waals surface area contributed by atoms with Crippen molar-refractivity contribution in [2.24, 2.45) is 0 Å². The van der Waals surface area contributed by atoms with Crippen LogP contribution in [0.2, 0.25) is 0 Å². The smallest absolute Gasteiger partial charge is 0.289 e. The molecular weight excluding hydrogens is 396 g/mol. The molecule has 0 radical (unpaired) electrons. The molecule has 1 unspecified atom stereocenters. The van der Waals surface area contributed by atoms with Gasteiger partial charge in [-0.1, -0.05) is 15.9 Å². The maximum absolute atomic E-state index is 13.0. The molecule has 1 aromatic carbocycles. The lowest BCUT2D eigenvalue weighted by atomic mass is 10.0. The van der Waals surface area contributed by atoms with Crippen molar-refractivity contribution >= 4 is 33.4 Å². The van der Waals surface area contributed by atoms with Crippen LogP contribution in [0.1, 0.15) is 40.3 Å². The van der Waals surface area contributed by atoms with Gasteiger partial charge in [0.05, 0.1) is 0 Å². The van der Waals surface area contributed by atoms with Crippen molar-refractivity contribution in [2.45, 2.75) is 39.7 Å². The number of piperidine rings is 1. The van der Waals surface area contributed by atoms with E-state index in [2.05, 4.69) is 31.2 Å². The van der Waals surface area contributed by atoms with Crippen LogP contribution in [-0.4, -0.2) is 34.4 Å². The molecule has 2 heterocycles. The minimum absolute atomic E-state index is 0.0888. The number of hydrogen-bond acceptors (Lipinski definition) is 4. The first-order valence-electron chi connectivity index (χ1n) is 8.55. The van der Waals surface area contributed by atoms with Crippen molar-refractivity contribution in [3.8, 4) is 0 Å². The molecular formula is C19H21BrN4O2. The Labute approximate surface area is 161 Å². The van der Waals surface area contributed by atoms with Crippen LogP contribution in [0.5, 0.6) is 0 Å². The van der Waals surface area contributed by atoms with Gasteiger partial charge in [-0.2, -0.15) is 0 Å². The van der Waals surface area contributed by atoms with Gasteiger partial charge in [-0.25, -0.2) is 9.97 Å². The number of aromatic nitrogens is 2. The molecule has 0 bridgehead atoms. The van der Waals surface area contributed by atoms with Crippen molar-refractivity contribution in [3.63, 3.8) is 0 Å². The largest absolute Gasteiger partial charge is 0.337 e. The molecule has 26 heavy (non-hydrogen) atoms. The number of anilines is 1. The van der Waals surface area contributed by atoms with Crippen LogP contribution in [0.25, 0.3) is 0 Å². The van der Waals surface area contributed by atoms with E-state index < -0.39 is 11.9 Å². The Kier molecular flexibility index (Phi) is 5.36. The average molecular weight is 417 g/mol. The second-order valence-electron chi connectivity index (χ2n) is 6.57. The molecule has 1 aliphatic heterocycles. The summed E-state index contributed by atoms with van der Waals surface area (Å²) in [7, 11) is 0. The third kappa shape index (κ3) is 3.77. The van der Waals surface area contributed by atoms with Crippen molar-refractivity contribution < 1.29 is 9.59 Å². The zero-order chi connectivity index (χ0) is 18.8. The Hall–Kier alpha value is -2.28. The number of aryl methyl sites for hydroxylation is 3. The molecule has 6 nitrogen and oxygen atoms in total. The molecule has 0 saturated carbocycles. The monoisotopic (exact) mass is 416 g/mol. The molecule has 7 heteroatoms. The van der Waals surface area contributed by atoms with Crippen LogP contribution in [0.4, 0.5) is 5.69 Å². The third-order valence-electron chi connectivity index (χ3n) is 4.47. The first kappa shape index (κ1) is 18.5. The molecule has 1 aliphatic rings. The average Bonchev–Trinajstić information content (AvgIpc) is 2.57. The van der Waals surface area contributed by atoms with Crippen LogP contribution < -0.4 is 10.2 Å². The minimum atomic E-state index is -0.567. The van der Waals surface area contributed by atoms with E-state index in [9.17, 15) is 9.59 Å². The number of nitrogens with one attached hydrogen (secondary N) is 1. The summed E-state index contributed by atoms with van der Waals surface area (Å²) >= 11 is 3.49. The van der Waals surface area contributed by atoms with Crippen LogP contribution in [0, 0.1) is 20.8 Å². The summed E-state index contributed by atoms with van der Waals surface area (Å²) in [6, 6.07) is 5.16. The van der Waals surface area contributed by atoms with Crippen molar-refractivity contribution in [2.75, 3.05) is 11.4 Å². The van der Waals surface area contributed by atoms with Gasteiger partial charge in [-0.05, 0) is 62.9 Å². The summed E-state index contributed by atoms with van der Waals surface area (Å²) < 4.78 is 0.988. The maximum Gasteiger partial charge on any atom is 0.289 e. The molecule has 1 saturated heterocycles. The normalized spacial score (nSPS) is 17.3. The van der Waals surface area contributed by atoms with E-state index in [0.29, 0.717) is 18.7 Å². The van der Waals surface area contributed by atoms with Gasteiger partial charge >= 0.3 is 0 Å². The van der Waals surface area contributed by atoms with E-state index in [4.69, 9.17) is 0 Å². The molecule has 3 rings (SSSR count). The zero-order valence-corrected chi connectivity index (χ0v) is 16.6. The van der Waals surface area contributed by atoms with E-state index in [1.54, 1.807) is 24.1 Å². The number of halogens is 1. The number of hydrogen-bond donors (Lipinski definition) is 1. The summed E-state index contributed by atoms with van der Waals surface area (Å²) in [6.07, 6.45) is 2.97. The number of nitrogens with zero attached hydrogens (tertiary/aromatic N) is 3. The van der Waals surface area contributed by atoms with Gasteiger partial charge in [-0.15, -0.1) is 0 Å². The lowest BCUT2D eigenvalue weighted by Crippen LogP contribution is -2.53. The Bertz CT molecular complexity index is 845. The SMILES string of the molecule is Cc1ccnc(C(=O)NC2CCCN(c3c(C)cc(Br)cc3C)C2=O)n1. The van der Waals surface area contributed by atoms with Gasteiger partial charge in [0.2, 0.25) is 11.7 Å². The fourth-order valence-electron chi connectivity index (χ4n) is 3.34. The van der Waals surface area contributed by atoms with E-state index in [1.807, 2.05) is 26.0 Å². The Morgan fingerprint density at radius 3 is 2.62 bits per heavy atom. The third-order valence-corrected chi connectivity index (χ3v) is 4.93. The lowest BCUT2D eigenvalue weighted by molar-refractivity contribution is -0.121. The Morgan fingerprint density at radius 2 is 1.96 bits per heavy atom. The zero-order valence-electron chi connectivity index (χ0n) is 15.0. The number of benzene rings is 1. The summed E-state index contributed by atoms with van der Waals surface area (Å²) in [6.45, 7) is 6.42. The van der Waals surface area contributed by atoms with Gasteiger partial charge in [0, 0.05) is 28.6 Å². The predicted molar refractivity (Wildman–Crippen MR) is 103 cm³/mol.